The molecule has 0 spiro atoms. The molecule has 1 fully saturated rings. The van der Waals surface area contributed by atoms with Gasteiger partial charge in [0, 0.05) is 26.7 Å². The van der Waals surface area contributed by atoms with Gasteiger partial charge in [-0.2, -0.15) is 11.3 Å². The molecule has 2 aromatic rings. The minimum absolute atomic E-state index is 0.577. The first kappa shape index (κ1) is 10.9. The Balaban J connectivity index is 2.10. The van der Waals surface area contributed by atoms with Crippen LogP contribution in [0.15, 0.2) is 25.9 Å². The maximum Gasteiger partial charge on any atom is 0.133 e. The number of nitrogens with zero attached hydrogens (tertiary/aromatic N) is 2. The Hall–Kier alpha value is -0.260. The Bertz CT molecular complexity index is 535. The van der Waals surface area contributed by atoms with E-state index in [-0.39, 0.29) is 0 Å². The van der Waals surface area contributed by atoms with Crippen molar-refractivity contribution in [3.05, 3.63) is 31.7 Å². The van der Waals surface area contributed by atoms with E-state index in [9.17, 15) is 0 Å². The summed E-state index contributed by atoms with van der Waals surface area (Å²) in [4.78, 5) is 9.06. The van der Waals surface area contributed by atoms with Crippen LogP contribution in [0, 0.1) is 0 Å². The highest BCUT2D eigenvalue weighted by molar-refractivity contribution is 9.10. The topological polar surface area (TPSA) is 25.8 Å². The molecule has 0 unspecified atom stereocenters. The Morgan fingerprint density at radius 1 is 1.19 bits per heavy atom. The van der Waals surface area contributed by atoms with E-state index in [1.807, 2.05) is 6.07 Å². The van der Waals surface area contributed by atoms with E-state index < -0.39 is 0 Å². The zero-order valence-corrected chi connectivity index (χ0v) is 12.3. The Morgan fingerprint density at radius 3 is 2.62 bits per heavy atom. The summed E-state index contributed by atoms with van der Waals surface area (Å²) in [7, 11) is 0. The third-order valence-electron chi connectivity index (χ3n) is 2.55. The first-order chi connectivity index (χ1) is 7.74. The van der Waals surface area contributed by atoms with Gasteiger partial charge in [-0.25, -0.2) is 9.97 Å². The van der Waals surface area contributed by atoms with Crippen molar-refractivity contribution in [2.24, 2.45) is 0 Å². The Kier molecular flexibility index (Phi) is 2.85. The average molecular weight is 360 g/mol. The van der Waals surface area contributed by atoms with Crippen LogP contribution in [0.4, 0.5) is 0 Å². The van der Waals surface area contributed by atoms with E-state index in [2.05, 4.69) is 52.6 Å². The molecule has 2 heterocycles. The molecular weight excluding hydrogens is 352 g/mol. The average Bonchev–Trinajstić information content (AvgIpc) is 3.01. The summed E-state index contributed by atoms with van der Waals surface area (Å²) in [6, 6.07) is 1.97. The van der Waals surface area contributed by atoms with Gasteiger partial charge in [-0.1, -0.05) is 0 Å². The van der Waals surface area contributed by atoms with Crippen molar-refractivity contribution >= 4 is 43.2 Å². The summed E-state index contributed by atoms with van der Waals surface area (Å²) in [5.41, 5.74) is 2.15. The molecule has 1 aliphatic carbocycles. The second-order valence-electron chi connectivity index (χ2n) is 3.84. The molecule has 0 saturated heterocycles. The lowest BCUT2D eigenvalue weighted by molar-refractivity contribution is 0.919. The second-order valence-corrected chi connectivity index (χ2v) is 6.25. The predicted octanol–water partition coefficient (Wildman–Crippen LogP) is 4.61. The fourth-order valence-electron chi connectivity index (χ4n) is 1.56. The fourth-order valence-corrected chi connectivity index (χ4v) is 3.45. The third-order valence-corrected chi connectivity index (χ3v) is 4.65. The lowest BCUT2D eigenvalue weighted by Gasteiger charge is -2.03. The molecule has 0 aromatic carbocycles. The first-order valence-corrected chi connectivity index (χ1v) is 7.53. The van der Waals surface area contributed by atoms with Crippen LogP contribution in [0.1, 0.15) is 24.6 Å². The summed E-state index contributed by atoms with van der Waals surface area (Å²) in [6.45, 7) is 0. The van der Waals surface area contributed by atoms with Crippen molar-refractivity contribution in [2.45, 2.75) is 18.8 Å². The van der Waals surface area contributed by atoms with Gasteiger partial charge in [0.05, 0.1) is 5.69 Å². The standard InChI is InChI=1S/C11H8Br2N2S/c12-8-5-16-4-7(8)9-3-10(13)15-11(14-9)6-1-2-6/h3-6H,1-2H2. The summed E-state index contributed by atoms with van der Waals surface area (Å²) in [5, 5.41) is 4.18. The van der Waals surface area contributed by atoms with Crippen molar-refractivity contribution in [2.75, 3.05) is 0 Å². The molecule has 2 nitrogen and oxygen atoms in total. The SMILES string of the molecule is Brc1cc(-c2cscc2Br)nc(C2CC2)n1. The van der Waals surface area contributed by atoms with E-state index in [4.69, 9.17) is 0 Å². The maximum absolute atomic E-state index is 4.63. The molecule has 16 heavy (non-hydrogen) atoms. The van der Waals surface area contributed by atoms with Gasteiger partial charge in [0.15, 0.2) is 0 Å². The van der Waals surface area contributed by atoms with Gasteiger partial charge in [0.25, 0.3) is 0 Å². The minimum Gasteiger partial charge on any atom is -0.232 e. The number of halogens is 2. The lowest BCUT2D eigenvalue weighted by Crippen LogP contribution is -1.95. The van der Waals surface area contributed by atoms with Crippen molar-refractivity contribution in [1.29, 1.82) is 0 Å². The third kappa shape index (κ3) is 2.08. The van der Waals surface area contributed by atoms with Crippen LogP contribution >= 0.6 is 43.2 Å². The Morgan fingerprint density at radius 2 is 2.00 bits per heavy atom. The minimum atomic E-state index is 0.577. The van der Waals surface area contributed by atoms with Crippen molar-refractivity contribution in [3.63, 3.8) is 0 Å². The molecule has 0 N–H and O–H groups in total. The van der Waals surface area contributed by atoms with E-state index >= 15 is 0 Å². The normalized spacial score (nSPS) is 15.4. The highest BCUT2D eigenvalue weighted by atomic mass is 79.9. The van der Waals surface area contributed by atoms with Gasteiger partial charge < -0.3 is 0 Å². The van der Waals surface area contributed by atoms with Gasteiger partial charge in [0.2, 0.25) is 0 Å². The fraction of sp³-hybridized carbons (Fsp3) is 0.273. The van der Waals surface area contributed by atoms with Crippen molar-refractivity contribution in [3.8, 4) is 11.3 Å². The highest BCUT2D eigenvalue weighted by Gasteiger charge is 2.27. The molecule has 0 atom stereocenters. The molecule has 1 saturated carbocycles. The summed E-state index contributed by atoms with van der Waals surface area (Å²) in [6.07, 6.45) is 2.45. The number of hydrogen-bond donors (Lipinski definition) is 0. The van der Waals surface area contributed by atoms with Crippen LogP contribution in [0.2, 0.25) is 0 Å². The van der Waals surface area contributed by atoms with Crippen molar-refractivity contribution in [1.82, 2.24) is 9.97 Å². The molecule has 2 aromatic heterocycles. The van der Waals surface area contributed by atoms with E-state index in [0.29, 0.717) is 5.92 Å². The van der Waals surface area contributed by atoms with Crippen LogP contribution in [0.3, 0.4) is 0 Å². The van der Waals surface area contributed by atoms with Gasteiger partial charge in [-0.15, -0.1) is 0 Å². The van der Waals surface area contributed by atoms with Gasteiger partial charge in [-0.05, 0) is 50.8 Å². The zero-order valence-electron chi connectivity index (χ0n) is 8.28. The number of hydrogen-bond acceptors (Lipinski definition) is 3. The molecule has 0 bridgehead atoms. The van der Waals surface area contributed by atoms with E-state index in [1.165, 1.54) is 12.8 Å². The number of aromatic nitrogens is 2. The molecule has 0 amide bonds. The smallest absolute Gasteiger partial charge is 0.133 e. The monoisotopic (exact) mass is 358 g/mol. The molecule has 0 radical (unpaired) electrons. The van der Waals surface area contributed by atoms with Crippen LogP contribution in [0.25, 0.3) is 11.3 Å². The van der Waals surface area contributed by atoms with Crippen LogP contribution in [0.5, 0.6) is 0 Å². The Labute approximate surface area is 114 Å². The predicted molar refractivity (Wildman–Crippen MR) is 72.7 cm³/mol. The van der Waals surface area contributed by atoms with E-state index in [0.717, 1.165) is 26.2 Å². The largest absolute Gasteiger partial charge is 0.232 e. The molecule has 82 valence electrons. The molecular formula is C11H8Br2N2S. The quantitative estimate of drug-likeness (QED) is 0.732. The van der Waals surface area contributed by atoms with Crippen molar-refractivity contribution < 1.29 is 0 Å². The van der Waals surface area contributed by atoms with Gasteiger partial charge >= 0.3 is 0 Å². The zero-order chi connectivity index (χ0) is 11.1. The summed E-state index contributed by atoms with van der Waals surface area (Å²) >= 11 is 8.67. The van der Waals surface area contributed by atoms with Crippen LogP contribution < -0.4 is 0 Å². The molecule has 3 rings (SSSR count). The lowest BCUT2D eigenvalue weighted by atomic mass is 10.2. The summed E-state index contributed by atoms with van der Waals surface area (Å²) < 4.78 is 1.97. The number of rotatable bonds is 2. The second kappa shape index (κ2) is 4.20. The molecule has 5 heteroatoms. The number of thiophene rings is 1. The van der Waals surface area contributed by atoms with E-state index in [1.54, 1.807) is 11.3 Å². The first-order valence-electron chi connectivity index (χ1n) is 5.00. The van der Waals surface area contributed by atoms with Crippen LogP contribution in [-0.2, 0) is 0 Å². The van der Waals surface area contributed by atoms with Crippen LogP contribution in [-0.4, -0.2) is 9.97 Å². The van der Waals surface area contributed by atoms with Gasteiger partial charge in [0.1, 0.15) is 10.4 Å². The maximum atomic E-state index is 4.63. The molecule has 1 aliphatic rings. The van der Waals surface area contributed by atoms with Gasteiger partial charge in [-0.3, -0.25) is 0 Å². The summed E-state index contributed by atoms with van der Waals surface area (Å²) in [5.74, 6) is 1.55. The highest BCUT2D eigenvalue weighted by Crippen LogP contribution is 2.40. The molecule has 0 aliphatic heterocycles.